The Hall–Kier alpha value is -3.74. The summed E-state index contributed by atoms with van der Waals surface area (Å²) in [6.45, 7) is -0.425. The molecule has 3 aromatic rings. The van der Waals surface area contributed by atoms with Crippen molar-refractivity contribution in [2.45, 2.75) is 0 Å². The predicted octanol–water partition coefficient (Wildman–Crippen LogP) is 2.36. The predicted molar refractivity (Wildman–Crippen MR) is 95.7 cm³/mol. The molecule has 134 valence electrons. The molecule has 2 heterocycles. The first kappa shape index (κ1) is 16.7. The molecule has 0 atom stereocenters. The number of methoxy groups -OCH3 is 1. The molecule has 1 aromatic heterocycles. The third-order valence-electron chi connectivity index (χ3n) is 4.56. The second-order valence-electron chi connectivity index (χ2n) is 6.06. The van der Waals surface area contributed by atoms with Crippen LogP contribution in [0.3, 0.4) is 0 Å². The van der Waals surface area contributed by atoms with E-state index in [0.717, 1.165) is 4.90 Å². The summed E-state index contributed by atoms with van der Waals surface area (Å²) >= 11 is 0. The zero-order valence-corrected chi connectivity index (χ0v) is 14.3. The minimum absolute atomic E-state index is 0.240. The van der Waals surface area contributed by atoms with E-state index in [0.29, 0.717) is 10.9 Å². The fourth-order valence-corrected chi connectivity index (χ4v) is 3.25. The van der Waals surface area contributed by atoms with E-state index >= 15 is 0 Å². The number of carbonyl (C=O) groups is 4. The molecule has 7 nitrogen and oxygen atoms in total. The second-order valence-corrected chi connectivity index (χ2v) is 6.06. The zero-order chi connectivity index (χ0) is 19.1. The Balaban J connectivity index is 1.70. The van der Waals surface area contributed by atoms with Crippen LogP contribution in [0.25, 0.3) is 10.9 Å². The maximum atomic E-state index is 12.8. The molecular formula is C20H14N2O5. The van der Waals surface area contributed by atoms with Gasteiger partial charge in [-0.2, -0.15) is 0 Å². The lowest BCUT2D eigenvalue weighted by atomic mass is 10.1. The van der Waals surface area contributed by atoms with Crippen molar-refractivity contribution in [1.29, 1.82) is 0 Å². The highest BCUT2D eigenvalue weighted by atomic mass is 16.5. The van der Waals surface area contributed by atoms with E-state index < -0.39 is 30.2 Å². The molecule has 2 amide bonds. The van der Waals surface area contributed by atoms with Crippen molar-refractivity contribution in [2.75, 3.05) is 13.7 Å². The fraction of sp³-hybridized carbons (Fsp3) is 0.100. The van der Waals surface area contributed by atoms with Gasteiger partial charge in [0.25, 0.3) is 17.7 Å². The highest BCUT2D eigenvalue weighted by Gasteiger charge is 2.36. The Morgan fingerprint density at radius 2 is 1.52 bits per heavy atom. The number of hydrogen-bond acceptors (Lipinski definition) is 5. The zero-order valence-electron chi connectivity index (χ0n) is 14.3. The maximum absolute atomic E-state index is 12.8. The number of ether oxygens (including phenoxy) is 1. The molecule has 0 N–H and O–H groups in total. The first-order valence-corrected chi connectivity index (χ1v) is 8.19. The molecule has 4 rings (SSSR count). The van der Waals surface area contributed by atoms with Crippen molar-refractivity contribution in [3.63, 3.8) is 0 Å². The maximum Gasteiger partial charge on any atom is 0.340 e. The number of aromatic nitrogens is 1. The van der Waals surface area contributed by atoms with E-state index in [2.05, 4.69) is 0 Å². The minimum atomic E-state index is -0.571. The van der Waals surface area contributed by atoms with E-state index in [1.54, 1.807) is 48.5 Å². The second kappa shape index (κ2) is 6.21. The average molecular weight is 362 g/mol. The molecule has 0 unspecified atom stereocenters. The molecule has 1 aliphatic heterocycles. The third-order valence-corrected chi connectivity index (χ3v) is 4.56. The molecule has 0 bridgehead atoms. The molecule has 0 saturated heterocycles. The van der Waals surface area contributed by atoms with E-state index in [9.17, 15) is 19.2 Å². The summed E-state index contributed by atoms with van der Waals surface area (Å²) in [7, 11) is 1.26. The SMILES string of the molecule is COC(=O)c1cn(C(=O)CN2C(=O)c3ccccc3C2=O)c2ccccc12. The summed E-state index contributed by atoms with van der Waals surface area (Å²) in [5, 5.41) is 0.556. The number of carbonyl (C=O) groups excluding carboxylic acids is 4. The van der Waals surface area contributed by atoms with E-state index in [-0.39, 0.29) is 16.7 Å². The monoisotopic (exact) mass is 362 g/mol. The number of rotatable bonds is 3. The third kappa shape index (κ3) is 2.52. The minimum Gasteiger partial charge on any atom is -0.465 e. The summed E-state index contributed by atoms with van der Waals surface area (Å²) in [5.74, 6) is -2.09. The number of hydrogen-bond donors (Lipinski definition) is 0. The first-order valence-electron chi connectivity index (χ1n) is 8.19. The van der Waals surface area contributed by atoms with Gasteiger partial charge in [-0.15, -0.1) is 0 Å². The largest absolute Gasteiger partial charge is 0.465 e. The molecule has 0 spiro atoms. The van der Waals surface area contributed by atoms with Crippen LogP contribution in [0.2, 0.25) is 0 Å². The molecule has 0 aliphatic carbocycles. The van der Waals surface area contributed by atoms with Crippen LogP contribution in [0.4, 0.5) is 0 Å². The Labute approximate surface area is 153 Å². The Morgan fingerprint density at radius 1 is 0.926 bits per heavy atom. The Morgan fingerprint density at radius 3 is 2.15 bits per heavy atom. The summed E-state index contributed by atoms with van der Waals surface area (Å²) in [6.07, 6.45) is 1.37. The van der Waals surface area contributed by atoms with Crippen LogP contribution >= 0.6 is 0 Å². The number of nitrogens with zero attached hydrogens (tertiary/aromatic N) is 2. The lowest BCUT2D eigenvalue weighted by Crippen LogP contribution is -2.36. The van der Waals surface area contributed by atoms with Crippen molar-refractivity contribution in [1.82, 2.24) is 9.47 Å². The normalized spacial score (nSPS) is 13.1. The molecule has 0 radical (unpaired) electrons. The molecule has 27 heavy (non-hydrogen) atoms. The molecule has 0 saturated carbocycles. The van der Waals surface area contributed by atoms with E-state index in [1.807, 2.05) is 0 Å². The van der Waals surface area contributed by atoms with E-state index in [1.165, 1.54) is 17.9 Å². The lowest BCUT2D eigenvalue weighted by molar-refractivity contribution is 0.0591. The van der Waals surface area contributed by atoms with Crippen LogP contribution in [-0.4, -0.2) is 46.8 Å². The Kier molecular flexibility index (Phi) is 3.84. The van der Waals surface area contributed by atoms with Crippen molar-refractivity contribution < 1.29 is 23.9 Å². The van der Waals surface area contributed by atoms with Crippen LogP contribution in [0.1, 0.15) is 35.9 Å². The standard InChI is InChI=1S/C20H14N2O5/c1-27-20(26)15-10-21(16-9-5-4-6-12(15)16)17(23)11-22-18(24)13-7-2-3-8-14(13)19(22)25/h2-10H,11H2,1H3. The highest BCUT2D eigenvalue weighted by molar-refractivity contribution is 6.22. The number of imide groups is 1. The highest BCUT2D eigenvalue weighted by Crippen LogP contribution is 2.25. The number of para-hydroxylation sites is 1. The number of esters is 1. The van der Waals surface area contributed by atoms with Crippen molar-refractivity contribution in [3.05, 3.63) is 71.4 Å². The lowest BCUT2D eigenvalue weighted by Gasteiger charge is -2.13. The smallest absolute Gasteiger partial charge is 0.340 e. The van der Waals surface area contributed by atoms with Gasteiger partial charge in [-0.3, -0.25) is 23.9 Å². The fourth-order valence-electron chi connectivity index (χ4n) is 3.25. The summed E-state index contributed by atoms with van der Waals surface area (Å²) in [4.78, 5) is 50.7. The molecule has 7 heteroatoms. The number of fused-ring (bicyclic) bond motifs is 2. The van der Waals surface area contributed by atoms with Crippen LogP contribution in [0.15, 0.2) is 54.7 Å². The van der Waals surface area contributed by atoms with Crippen molar-refractivity contribution in [3.8, 4) is 0 Å². The van der Waals surface area contributed by atoms with Gasteiger partial charge in [0, 0.05) is 11.6 Å². The van der Waals surface area contributed by atoms with Gasteiger partial charge in [-0.1, -0.05) is 30.3 Å². The van der Waals surface area contributed by atoms with Crippen LogP contribution in [-0.2, 0) is 4.74 Å². The van der Waals surface area contributed by atoms with Crippen LogP contribution in [0, 0.1) is 0 Å². The van der Waals surface area contributed by atoms with Gasteiger partial charge in [0.05, 0.1) is 29.3 Å². The van der Waals surface area contributed by atoms with E-state index in [4.69, 9.17) is 4.74 Å². The summed E-state index contributed by atoms with van der Waals surface area (Å²) in [6, 6.07) is 13.3. The molecule has 1 aliphatic rings. The topological polar surface area (TPSA) is 85.7 Å². The molecular weight excluding hydrogens is 348 g/mol. The quantitative estimate of drug-likeness (QED) is 0.527. The van der Waals surface area contributed by atoms with Gasteiger partial charge in [0.2, 0.25) is 0 Å². The summed E-state index contributed by atoms with van der Waals surface area (Å²) < 4.78 is 6.03. The van der Waals surface area contributed by atoms with Crippen molar-refractivity contribution >= 4 is 34.6 Å². The Bertz CT molecular complexity index is 1090. The van der Waals surface area contributed by atoms with Gasteiger partial charge in [-0.25, -0.2) is 4.79 Å². The number of amides is 2. The van der Waals surface area contributed by atoms with Crippen LogP contribution < -0.4 is 0 Å². The molecule has 2 aromatic carbocycles. The van der Waals surface area contributed by atoms with Crippen molar-refractivity contribution in [2.24, 2.45) is 0 Å². The van der Waals surface area contributed by atoms with Gasteiger partial charge in [0.1, 0.15) is 6.54 Å². The van der Waals surface area contributed by atoms with Gasteiger partial charge in [0.15, 0.2) is 0 Å². The molecule has 0 fully saturated rings. The van der Waals surface area contributed by atoms with Gasteiger partial charge < -0.3 is 4.74 Å². The van der Waals surface area contributed by atoms with Crippen LogP contribution in [0.5, 0.6) is 0 Å². The summed E-state index contributed by atoms with van der Waals surface area (Å²) in [5.41, 5.74) is 1.30. The van der Waals surface area contributed by atoms with Gasteiger partial charge in [-0.05, 0) is 18.2 Å². The van der Waals surface area contributed by atoms with Gasteiger partial charge >= 0.3 is 5.97 Å². The average Bonchev–Trinajstić information content (AvgIpc) is 3.20. The first-order chi connectivity index (χ1) is 13.0. The number of benzene rings is 2.